The van der Waals surface area contributed by atoms with Gasteiger partial charge in [0.1, 0.15) is 6.61 Å². The zero-order chi connectivity index (χ0) is 21.5. The summed E-state index contributed by atoms with van der Waals surface area (Å²) in [6, 6.07) is 11.9. The van der Waals surface area contributed by atoms with Gasteiger partial charge in [0, 0.05) is 43.6 Å². The lowest BCUT2D eigenvalue weighted by atomic mass is 10.2. The Hall–Kier alpha value is -2.61. The Kier molecular flexibility index (Phi) is 7.68. The third kappa shape index (κ3) is 5.72. The lowest BCUT2D eigenvalue weighted by Gasteiger charge is -2.13. The smallest absolute Gasteiger partial charge is 0.271 e. The molecule has 2 aromatic carbocycles. The first-order valence-corrected chi connectivity index (χ1v) is 10.2. The van der Waals surface area contributed by atoms with Gasteiger partial charge < -0.3 is 9.47 Å². The highest BCUT2D eigenvalue weighted by Crippen LogP contribution is 2.34. The molecular formula is C21H16BrCl2N3O3. The molecule has 0 saturated carbocycles. The van der Waals surface area contributed by atoms with Crippen molar-refractivity contribution in [2.24, 2.45) is 5.10 Å². The van der Waals surface area contributed by atoms with Crippen LogP contribution in [0.4, 0.5) is 0 Å². The van der Waals surface area contributed by atoms with Crippen LogP contribution in [0.5, 0.6) is 11.5 Å². The third-order valence-corrected chi connectivity index (χ3v) is 5.27. The Labute approximate surface area is 192 Å². The van der Waals surface area contributed by atoms with Crippen molar-refractivity contribution in [2.75, 3.05) is 7.11 Å². The minimum absolute atomic E-state index is 0.244. The first-order valence-electron chi connectivity index (χ1n) is 8.65. The lowest BCUT2D eigenvalue weighted by Crippen LogP contribution is -2.17. The van der Waals surface area contributed by atoms with E-state index in [0.717, 1.165) is 5.56 Å². The molecule has 1 aromatic heterocycles. The van der Waals surface area contributed by atoms with Gasteiger partial charge in [-0.05, 0) is 52.3 Å². The number of carbonyl (C=O) groups excluding carboxylic acids is 1. The van der Waals surface area contributed by atoms with E-state index in [9.17, 15) is 4.79 Å². The summed E-state index contributed by atoms with van der Waals surface area (Å²) in [6.07, 6.45) is 4.58. The predicted octanol–water partition coefficient (Wildman–Crippen LogP) is 5.50. The van der Waals surface area contributed by atoms with Crippen molar-refractivity contribution < 1.29 is 14.3 Å². The number of nitrogens with one attached hydrogen (secondary N) is 1. The maximum Gasteiger partial charge on any atom is 0.271 e. The van der Waals surface area contributed by atoms with Gasteiger partial charge in [-0.3, -0.25) is 9.78 Å². The molecule has 0 aliphatic rings. The van der Waals surface area contributed by atoms with Crippen LogP contribution in [0.25, 0.3) is 0 Å². The Morgan fingerprint density at radius 1 is 1.17 bits per heavy atom. The Morgan fingerprint density at radius 2 is 1.93 bits per heavy atom. The van der Waals surface area contributed by atoms with Crippen molar-refractivity contribution >= 4 is 51.3 Å². The van der Waals surface area contributed by atoms with Crippen LogP contribution in [0.3, 0.4) is 0 Å². The van der Waals surface area contributed by atoms with Gasteiger partial charge in [0.05, 0.1) is 13.3 Å². The minimum Gasteiger partial charge on any atom is -0.493 e. The second-order valence-corrected chi connectivity index (χ2v) is 7.68. The fraction of sp³-hybridized carbons (Fsp3) is 0.0952. The zero-order valence-electron chi connectivity index (χ0n) is 15.7. The van der Waals surface area contributed by atoms with Crippen molar-refractivity contribution in [3.8, 4) is 11.5 Å². The summed E-state index contributed by atoms with van der Waals surface area (Å²) in [5.74, 6) is 0.690. The number of benzene rings is 2. The van der Waals surface area contributed by atoms with E-state index in [2.05, 4.69) is 31.4 Å². The van der Waals surface area contributed by atoms with E-state index in [-0.39, 0.29) is 12.5 Å². The topological polar surface area (TPSA) is 72.8 Å². The molecular weight excluding hydrogens is 493 g/mol. The van der Waals surface area contributed by atoms with E-state index in [4.69, 9.17) is 32.7 Å². The van der Waals surface area contributed by atoms with Crippen LogP contribution < -0.4 is 14.9 Å². The number of ether oxygens (including phenoxy) is 2. The fourth-order valence-corrected chi connectivity index (χ4v) is 3.33. The lowest BCUT2D eigenvalue weighted by molar-refractivity contribution is 0.0955. The third-order valence-electron chi connectivity index (χ3n) is 3.99. The number of hydrogen-bond donors (Lipinski definition) is 1. The van der Waals surface area contributed by atoms with Gasteiger partial charge in [-0.15, -0.1) is 0 Å². The van der Waals surface area contributed by atoms with Gasteiger partial charge in [0.15, 0.2) is 11.5 Å². The SMILES string of the molecule is COc1cc(/C=N\NC(=O)c2ccncc2)c(Br)cc1OCc1ccc(Cl)cc1Cl. The number of hydrogen-bond acceptors (Lipinski definition) is 5. The molecule has 0 radical (unpaired) electrons. The van der Waals surface area contributed by atoms with E-state index in [0.29, 0.717) is 37.1 Å². The molecule has 154 valence electrons. The van der Waals surface area contributed by atoms with Gasteiger partial charge in [0.2, 0.25) is 0 Å². The summed E-state index contributed by atoms with van der Waals surface area (Å²) in [7, 11) is 1.54. The molecule has 0 aliphatic carbocycles. The maximum absolute atomic E-state index is 12.0. The summed E-state index contributed by atoms with van der Waals surface area (Å²) < 4.78 is 12.0. The monoisotopic (exact) mass is 507 g/mol. The van der Waals surface area contributed by atoms with Crippen LogP contribution in [0.1, 0.15) is 21.5 Å². The number of pyridine rings is 1. The molecule has 30 heavy (non-hydrogen) atoms. The second-order valence-electron chi connectivity index (χ2n) is 5.98. The predicted molar refractivity (Wildman–Crippen MR) is 121 cm³/mol. The van der Waals surface area contributed by atoms with Crippen molar-refractivity contribution in [1.29, 1.82) is 0 Å². The van der Waals surface area contributed by atoms with E-state index >= 15 is 0 Å². The van der Waals surface area contributed by atoms with Gasteiger partial charge >= 0.3 is 0 Å². The molecule has 3 rings (SSSR count). The molecule has 1 heterocycles. The van der Waals surface area contributed by atoms with Crippen molar-refractivity contribution in [2.45, 2.75) is 6.61 Å². The molecule has 0 atom stereocenters. The van der Waals surface area contributed by atoms with Gasteiger partial charge in [-0.1, -0.05) is 29.3 Å². The first-order chi connectivity index (χ1) is 14.5. The minimum atomic E-state index is -0.337. The fourth-order valence-electron chi connectivity index (χ4n) is 2.44. The largest absolute Gasteiger partial charge is 0.493 e. The van der Waals surface area contributed by atoms with Crippen molar-refractivity contribution in [1.82, 2.24) is 10.4 Å². The number of nitrogens with zero attached hydrogens (tertiary/aromatic N) is 2. The molecule has 0 fully saturated rings. The number of amides is 1. The first kappa shape index (κ1) is 22.1. The zero-order valence-corrected chi connectivity index (χ0v) is 18.8. The van der Waals surface area contributed by atoms with Gasteiger partial charge in [-0.2, -0.15) is 5.10 Å². The van der Waals surface area contributed by atoms with Crippen LogP contribution in [0.15, 0.2) is 64.4 Å². The number of halogens is 3. The molecule has 1 amide bonds. The Morgan fingerprint density at radius 3 is 2.63 bits per heavy atom. The van der Waals surface area contributed by atoms with Crippen LogP contribution >= 0.6 is 39.1 Å². The van der Waals surface area contributed by atoms with E-state index in [1.54, 1.807) is 42.5 Å². The summed E-state index contributed by atoms with van der Waals surface area (Å²) in [5.41, 5.74) is 4.42. The molecule has 0 unspecified atom stereocenters. The summed E-state index contributed by atoms with van der Waals surface area (Å²) in [5, 5.41) is 5.08. The highest BCUT2D eigenvalue weighted by molar-refractivity contribution is 9.10. The normalized spacial score (nSPS) is 10.8. The highest BCUT2D eigenvalue weighted by Gasteiger charge is 2.11. The summed E-state index contributed by atoms with van der Waals surface area (Å²) in [6.45, 7) is 0.244. The Bertz CT molecular complexity index is 1080. The second kappa shape index (κ2) is 10.4. The number of rotatable bonds is 7. The average Bonchev–Trinajstić information content (AvgIpc) is 2.75. The standard InChI is InChI=1S/C21H16BrCl2N3O3/c1-29-19-8-15(11-26-27-21(28)13-4-6-25-7-5-13)17(22)10-20(19)30-12-14-2-3-16(23)9-18(14)24/h2-11H,12H2,1H3,(H,27,28)/b26-11-. The molecule has 1 N–H and O–H groups in total. The number of aromatic nitrogens is 1. The molecule has 0 bridgehead atoms. The van der Waals surface area contributed by atoms with Crippen LogP contribution in [-0.4, -0.2) is 24.2 Å². The molecule has 0 aliphatic heterocycles. The summed E-state index contributed by atoms with van der Waals surface area (Å²) >= 11 is 15.6. The molecule has 0 spiro atoms. The van der Waals surface area contributed by atoms with Crippen LogP contribution in [-0.2, 0) is 6.61 Å². The number of methoxy groups -OCH3 is 1. The highest BCUT2D eigenvalue weighted by atomic mass is 79.9. The maximum atomic E-state index is 12.0. The van der Waals surface area contributed by atoms with Gasteiger partial charge in [-0.25, -0.2) is 5.43 Å². The molecule has 0 saturated heterocycles. The van der Waals surface area contributed by atoms with E-state index in [1.165, 1.54) is 25.7 Å². The molecule has 3 aromatic rings. The van der Waals surface area contributed by atoms with Crippen molar-refractivity contribution in [3.63, 3.8) is 0 Å². The van der Waals surface area contributed by atoms with E-state index < -0.39 is 0 Å². The number of carbonyl (C=O) groups is 1. The van der Waals surface area contributed by atoms with E-state index in [1.807, 2.05) is 0 Å². The van der Waals surface area contributed by atoms with Gasteiger partial charge in [0.25, 0.3) is 5.91 Å². The van der Waals surface area contributed by atoms with Crippen LogP contribution in [0.2, 0.25) is 10.0 Å². The summed E-state index contributed by atoms with van der Waals surface area (Å²) in [4.78, 5) is 15.9. The Balaban J connectivity index is 1.71. The van der Waals surface area contributed by atoms with Crippen molar-refractivity contribution in [3.05, 3.63) is 86.1 Å². The average molecular weight is 509 g/mol. The quantitative estimate of drug-likeness (QED) is 0.337. The molecule has 9 heteroatoms. The molecule has 6 nitrogen and oxygen atoms in total. The number of hydrazone groups is 1. The van der Waals surface area contributed by atoms with Crippen LogP contribution in [0, 0.1) is 0 Å².